The third-order valence-corrected chi connectivity index (χ3v) is 3.61. The summed E-state index contributed by atoms with van der Waals surface area (Å²) in [4.78, 5) is 27.7. The first kappa shape index (κ1) is 19.9. The number of amides is 2. The molecule has 0 aromatic rings. The first-order valence-electron chi connectivity index (χ1n) is 8.05. The van der Waals surface area contributed by atoms with Gasteiger partial charge in [-0.15, -0.1) is 0 Å². The normalized spacial score (nSPS) is 11.0. The molecular formula is C15H32N4O2. The number of likely N-dealkylation sites (N-methyl/N-ethyl adjacent to an activating group) is 2. The molecule has 0 spiro atoms. The molecule has 0 rings (SSSR count). The Morgan fingerprint density at radius 2 is 1.05 bits per heavy atom. The van der Waals surface area contributed by atoms with Crippen molar-refractivity contribution in [3.63, 3.8) is 0 Å². The molecule has 0 saturated carbocycles. The van der Waals surface area contributed by atoms with Gasteiger partial charge in [-0.05, 0) is 26.2 Å². The van der Waals surface area contributed by atoms with Crippen LogP contribution in [0.5, 0.6) is 0 Å². The maximum Gasteiger partial charge on any atom is 0.229 e. The highest BCUT2D eigenvalue weighted by molar-refractivity contribution is 5.96. The quantitative estimate of drug-likeness (QED) is 0.509. The second kappa shape index (κ2) is 12.6. The molecule has 21 heavy (non-hydrogen) atoms. The maximum absolute atomic E-state index is 11.6. The smallest absolute Gasteiger partial charge is 0.229 e. The average Bonchev–Trinajstić information content (AvgIpc) is 2.48. The summed E-state index contributed by atoms with van der Waals surface area (Å²) in [7, 11) is 0. The number of rotatable bonds is 12. The summed E-state index contributed by atoms with van der Waals surface area (Å²) >= 11 is 0. The molecule has 0 aliphatic carbocycles. The third-order valence-electron chi connectivity index (χ3n) is 3.61. The van der Waals surface area contributed by atoms with Crippen molar-refractivity contribution in [3.8, 4) is 0 Å². The van der Waals surface area contributed by atoms with Crippen LogP contribution < -0.4 is 10.6 Å². The molecule has 124 valence electrons. The van der Waals surface area contributed by atoms with E-state index in [0.29, 0.717) is 13.1 Å². The second-order valence-corrected chi connectivity index (χ2v) is 4.93. The second-order valence-electron chi connectivity index (χ2n) is 4.93. The van der Waals surface area contributed by atoms with E-state index in [-0.39, 0.29) is 18.2 Å². The molecule has 0 aliphatic heterocycles. The minimum absolute atomic E-state index is 0.0868. The zero-order valence-electron chi connectivity index (χ0n) is 14.1. The van der Waals surface area contributed by atoms with Crippen LogP contribution in [0, 0.1) is 0 Å². The SMILES string of the molecule is CCN(CC)CCNC(=O)CC(=O)NCCN(CC)CC. The first-order valence-corrected chi connectivity index (χ1v) is 8.05. The summed E-state index contributed by atoms with van der Waals surface area (Å²) in [6, 6.07) is 0. The van der Waals surface area contributed by atoms with Gasteiger partial charge in [0.15, 0.2) is 0 Å². The fourth-order valence-electron chi connectivity index (χ4n) is 2.06. The Labute approximate surface area is 129 Å². The van der Waals surface area contributed by atoms with Gasteiger partial charge in [0.25, 0.3) is 0 Å². The molecule has 0 saturated heterocycles. The number of hydrogen-bond acceptors (Lipinski definition) is 4. The molecule has 0 bridgehead atoms. The van der Waals surface area contributed by atoms with Gasteiger partial charge < -0.3 is 20.4 Å². The number of hydrogen-bond donors (Lipinski definition) is 2. The Morgan fingerprint density at radius 3 is 1.33 bits per heavy atom. The zero-order chi connectivity index (χ0) is 16.1. The fraction of sp³-hybridized carbons (Fsp3) is 0.867. The average molecular weight is 300 g/mol. The summed E-state index contributed by atoms with van der Waals surface area (Å²) < 4.78 is 0. The number of carbonyl (C=O) groups excluding carboxylic acids is 2. The minimum atomic E-state index is -0.206. The predicted molar refractivity (Wildman–Crippen MR) is 86.2 cm³/mol. The molecule has 0 radical (unpaired) electrons. The highest BCUT2D eigenvalue weighted by atomic mass is 16.2. The van der Waals surface area contributed by atoms with Gasteiger partial charge >= 0.3 is 0 Å². The van der Waals surface area contributed by atoms with Crippen LogP contribution in [0.25, 0.3) is 0 Å². The van der Waals surface area contributed by atoms with E-state index in [2.05, 4.69) is 48.1 Å². The molecular weight excluding hydrogens is 268 g/mol. The van der Waals surface area contributed by atoms with Crippen molar-refractivity contribution in [3.05, 3.63) is 0 Å². The van der Waals surface area contributed by atoms with Crippen LogP contribution in [0.1, 0.15) is 34.1 Å². The lowest BCUT2D eigenvalue weighted by Crippen LogP contribution is -2.39. The molecule has 2 N–H and O–H groups in total. The molecule has 0 unspecified atom stereocenters. The third kappa shape index (κ3) is 10.3. The van der Waals surface area contributed by atoms with E-state index in [0.717, 1.165) is 39.3 Å². The van der Waals surface area contributed by atoms with Crippen LogP contribution in [-0.2, 0) is 9.59 Å². The summed E-state index contributed by atoms with van der Waals surface area (Å²) in [6.45, 7) is 15.1. The fourth-order valence-corrected chi connectivity index (χ4v) is 2.06. The Hall–Kier alpha value is -1.14. The molecule has 6 nitrogen and oxygen atoms in total. The van der Waals surface area contributed by atoms with E-state index in [9.17, 15) is 9.59 Å². The topological polar surface area (TPSA) is 64.7 Å². The van der Waals surface area contributed by atoms with E-state index in [1.54, 1.807) is 0 Å². The standard InChI is InChI=1S/C15H32N4O2/c1-5-18(6-2)11-9-16-14(20)13-15(21)17-10-12-19(7-3)8-4/h5-13H2,1-4H3,(H,16,20)(H,17,21). The van der Waals surface area contributed by atoms with Crippen molar-refractivity contribution < 1.29 is 9.59 Å². The van der Waals surface area contributed by atoms with Gasteiger partial charge in [-0.3, -0.25) is 9.59 Å². The summed E-state index contributed by atoms with van der Waals surface area (Å²) in [6.07, 6.45) is -0.0868. The predicted octanol–water partition coefficient (Wildman–Crippen LogP) is 0.293. The van der Waals surface area contributed by atoms with Crippen LogP contribution in [0.4, 0.5) is 0 Å². The van der Waals surface area contributed by atoms with Gasteiger partial charge in [0.2, 0.25) is 11.8 Å². The van der Waals surface area contributed by atoms with Crippen LogP contribution in [0.3, 0.4) is 0 Å². The van der Waals surface area contributed by atoms with Crippen LogP contribution in [-0.4, -0.2) is 74.0 Å². The Morgan fingerprint density at radius 1 is 0.714 bits per heavy atom. The molecule has 0 heterocycles. The zero-order valence-corrected chi connectivity index (χ0v) is 14.1. The van der Waals surface area contributed by atoms with E-state index in [4.69, 9.17) is 0 Å². The van der Waals surface area contributed by atoms with Crippen molar-refractivity contribution in [2.24, 2.45) is 0 Å². The van der Waals surface area contributed by atoms with Crippen molar-refractivity contribution in [2.45, 2.75) is 34.1 Å². The minimum Gasteiger partial charge on any atom is -0.354 e. The van der Waals surface area contributed by atoms with E-state index in [1.165, 1.54) is 0 Å². The van der Waals surface area contributed by atoms with Gasteiger partial charge in [0, 0.05) is 26.2 Å². The van der Waals surface area contributed by atoms with E-state index >= 15 is 0 Å². The van der Waals surface area contributed by atoms with Crippen LogP contribution >= 0.6 is 0 Å². The Kier molecular flexibility index (Phi) is 11.9. The number of carbonyl (C=O) groups is 2. The highest BCUT2D eigenvalue weighted by Gasteiger charge is 2.09. The lowest BCUT2D eigenvalue weighted by molar-refractivity contribution is -0.129. The molecule has 0 fully saturated rings. The summed E-state index contributed by atoms with van der Waals surface area (Å²) in [5.41, 5.74) is 0. The highest BCUT2D eigenvalue weighted by Crippen LogP contribution is 1.87. The Bertz CT molecular complexity index is 261. The lowest BCUT2D eigenvalue weighted by atomic mass is 10.3. The van der Waals surface area contributed by atoms with E-state index in [1.807, 2.05) is 0 Å². The number of nitrogens with zero attached hydrogens (tertiary/aromatic N) is 2. The summed E-state index contributed by atoms with van der Waals surface area (Å²) in [5.74, 6) is -0.412. The molecule has 6 heteroatoms. The first-order chi connectivity index (χ1) is 10.1. The monoisotopic (exact) mass is 300 g/mol. The molecule has 0 atom stereocenters. The molecule has 2 amide bonds. The lowest BCUT2D eigenvalue weighted by Gasteiger charge is -2.18. The van der Waals surface area contributed by atoms with Crippen molar-refractivity contribution >= 4 is 11.8 Å². The van der Waals surface area contributed by atoms with Gasteiger partial charge in [0.05, 0.1) is 0 Å². The molecule has 0 aromatic heterocycles. The van der Waals surface area contributed by atoms with Gasteiger partial charge in [-0.25, -0.2) is 0 Å². The number of nitrogens with one attached hydrogen (secondary N) is 2. The van der Waals surface area contributed by atoms with Crippen molar-refractivity contribution in [2.75, 3.05) is 52.4 Å². The van der Waals surface area contributed by atoms with Gasteiger partial charge in [0.1, 0.15) is 6.42 Å². The van der Waals surface area contributed by atoms with Crippen molar-refractivity contribution in [1.29, 1.82) is 0 Å². The van der Waals surface area contributed by atoms with Gasteiger partial charge in [-0.2, -0.15) is 0 Å². The van der Waals surface area contributed by atoms with Gasteiger partial charge in [-0.1, -0.05) is 27.7 Å². The molecule has 0 aromatic carbocycles. The van der Waals surface area contributed by atoms with Crippen LogP contribution in [0.15, 0.2) is 0 Å². The van der Waals surface area contributed by atoms with E-state index < -0.39 is 0 Å². The largest absolute Gasteiger partial charge is 0.354 e. The van der Waals surface area contributed by atoms with Crippen molar-refractivity contribution in [1.82, 2.24) is 20.4 Å². The molecule has 0 aliphatic rings. The summed E-state index contributed by atoms with van der Waals surface area (Å²) in [5, 5.41) is 5.56. The maximum atomic E-state index is 11.6. The Balaban J connectivity index is 3.72. The van der Waals surface area contributed by atoms with Crippen LogP contribution in [0.2, 0.25) is 0 Å².